The molecular formula is C24H29BrClN3O4. The van der Waals surface area contributed by atoms with Crippen molar-refractivity contribution in [1.82, 2.24) is 10.7 Å². The number of rotatable bonds is 11. The lowest BCUT2D eigenvalue weighted by atomic mass is 10.0. The minimum absolute atomic E-state index is 0.166. The summed E-state index contributed by atoms with van der Waals surface area (Å²) in [6.45, 7) is 6.35. The van der Waals surface area contributed by atoms with E-state index >= 15 is 0 Å². The van der Waals surface area contributed by atoms with Crippen LogP contribution in [0.4, 0.5) is 0 Å². The zero-order valence-electron chi connectivity index (χ0n) is 19.2. The first-order valence-electron chi connectivity index (χ1n) is 10.7. The van der Waals surface area contributed by atoms with Crippen molar-refractivity contribution in [3.63, 3.8) is 0 Å². The average Bonchev–Trinajstić information content (AvgIpc) is 2.78. The first-order chi connectivity index (χ1) is 15.8. The van der Waals surface area contributed by atoms with E-state index in [0.717, 1.165) is 17.3 Å². The van der Waals surface area contributed by atoms with Gasteiger partial charge in [0.25, 0.3) is 11.8 Å². The highest BCUT2D eigenvalue weighted by molar-refractivity contribution is 9.10. The maximum Gasteiger partial charge on any atom is 0.262 e. The molecule has 0 spiro atoms. The summed E-state index contributed by atoms with van der Waals surface area (Å²) in [7, 11) is 1.56. The van der Waals surface area contributed by atoms with Crippen molar-refractivity contribution in [1.29, 1.82) is 0 Å². The van der Waals surface area contributed by atoms with Gasteiger partial charge in [0.2, 0.25) is 0 Å². The number of methoxy groups -OCH3 is 1. The molecule has 0 bridgehead atoms. The zero-order chi connectivity index (χ0) is 24.4. The molecule has 2 aromatic rings. The second kappa shape index (κ2) is 13.2. The molecule has 0 aliphatic heterocycles. The second-order valence-electron chi connectivity index (χ2n) is 7.65. The van der Waals surface area contributed by atoms with Crippen molar-refractivity contribution in [3.05, 3.63) is 57.0 Å². The lowest BCUT2D eigenvalue weighted by Gasteiger charge is -2.20. The van der Waals surface area contributed by atoms with Crippen LogP contribution in [0.1, 0.15) is 49.5 Å². The molecule has 0 heterocycles. The number of unbranched alkanes of at least 4 members (excludes halogenated alkanes) is 1. The van der Waals surface area contributed by atoms with Crippen molar-refractivity contribution >= 4 is 45.6 Å². The first-order valence-corrected chi connectivity index (χ1v) is 11.8. The van der Waals surface area contributed by atoms with Gasteiger partial charge in [-0.25, -0.2) is 5.43 Å². The van der Waals surface area contributed by atoms with Crippen molar-refractivity contribution < 1.29 is 19.1 Å². The van der Waals surface area contributed by atoms with Gasteiger partial charge in [-0.2, -0.15) is 5.10 Å². The lowest BCUT2D eigenvalue weighted by Crippen LogP contribution is -2.48. The molecular weight excluding hydrogens is 510 g/mol. The van der Waals surface area contributed by atoms with Crippen LogP contribution in [0.25, 0.3) is 0 Å². The summed E-state index contributed by atoms with van der Waals surface area (Å²) in [4.78, 5) is 25.3. The number of carbonyl (C=O) groups is 2. The van der Waals surface area contributed by atoms with Gasteiger partial charge in [-0.1, -0.05) is 50.9 Å². The van der Waals surface area contributed by atoms with Crippen LogP contribution in [0, 0.1) is 5.92 Å². The fourth-order valence-electron chi connectivity index (χ4n) is 2.91. The van der Waals surface area contributed by atoms with Crippen LogP contribution in [0.5, 0.6) is 11.5 Å². The number of ether oxygens (including phenoxy) is 2. The maximum absolute atomic E-state index is 12.7. The minimum Gasteiger partial charge on any atom is -0.493 e. The van der Waals surface area contributed by atoms with Crippen LogP contribution in [0.3, 0.4) is 0 Å². The van der Waals surface area contributed by atoms with E-state index in [9.17, 15) is 9.59 Å². The van der Waals surface area contributed by atoms with Gasteiger partial charge in [0.15, 0.2) is 11.5 Å². The number of nitrogens with one attached hydrogen (secondary N) is 2. The molecule has 9 heteroatoms. The standard InChI is InChI=1S/C24H29BrClN3O4/c1-5-6-11-33-22-18(25)12-16(13-20(22)32-4)14-27-29-24(31)21(15(2)3)28-23(30)17-9-7-8-10-19(17)26/h7-10,12-15,21H,5-6,11H2,1-4H3,(H,28,30)(H,29,31). The molecule has 0 fully saturated rings. The number of hydrogen-bond acceptors (Lipinski definition) is 5. The average molecular weight is 539 g/mol. The quantitative estimate of drug-likeness (QED) is 0.234. The SMILES string of the molecule is CCCCOc1c(Br)cc(C=NNC(=O)C(NC(=O)c2ccccc2Cl)C(C)C)cc1OC. The monoisotopic (exact) mass is 537 g/mol. The zero-order valence-corrected chi connectivity index (χ0v) is 21.5. The summed E-state index contributed by atoms with van der Waals surface area (Å²) in [5, 5.41) is 7.09. The summed E-state index contributed by atoms with van der Waals surface area (Å²) in [5.41, 5.74) is 3.50. The van der Waals surface area contributed by atoms with E-state index in [-0.39, 0.29) is 5.92 Å². The number of benzene rings is 2. The molecule has 7 nitrogen and oxygen atoms in total. The van der Waals surface area contributed by atoms with E-state index in [2.05, 4.69) is 38.7 Å². The number of carbonyl (C=O) groups excluding carboxylic acids is 2. The molecule has 0 aromatic heterocycles. The third-order valence-electron chi connectivity index (χ3n) is 4.74. The largest absolute Gasteiger partial charge is 0.493 e. The van der Waals surface area contributed by atoms with Gasteiger partial charge in [0.1, 0.15) is 6.04 Å². The van der Waals surface area contributed by atoms with Gasteiger partial charge in [0, 0.05) is 0 Å². The molecule has 0 aliphatic carbocycles. The molecule has 0 radical (unpaired) electrons. The lowest BCUT2D eigenvalue weighted by molar-refractivity contribution is -0.123. The van der Waals surface area contributed by atoms with Crippen LogP contribution in [0.15, 0.2) is 46.0 Å². The fraction of sp³-hybridized carbons (Fsp3) is 0.375. The molecule has 33 heavy (non-hydrogen) atoms. The van der Waals surface area contributed by atoms with E-state index in [1.165, 1.54) is 6.21 Å². The van der Waals surface area contributed by atoms with Crippen molar-refractivity contribution in [2.45, 2.75) is 39.7 Å². The van der Waals surface area contributed by atoms with E-state index < -0.39 is 17.9 Å². The Balaban J connectivity index is 2.07. The smallest absolute Gasteiger partial charge is 0.262 e. The van der Waals surface area contributed by atoms with Gasteiger partial charge < -0.3 is 14.8 Å². The number of halogens is 2. The topological polar surface area (TPSA) is 89.0 Å². The van der Waals surface area contributed by atoms with E-state index in [1.807, 2.05) is 19.9 Å². The Labute approximate surface area is 208 Å². The van der Waals surface area contributed by atoms with Gasteiger partial charge >= 0.3 is 0 Å². The number of nitrogens with zero attached hydrogens (tertiary/aromatic N) is 1. The molecule has 1 unspecified atom stereocenters. The Morgan fingerprint density at radius 1 is 1.24 bits per heavy atom. The van der Waals surface area contributed by atoms with Crippen LogP contribution in [-0.4, -0.2) is 37.8 Å². The number of amides is 2. The summed E-state index contributed by atoms with van der Waals surface area (Å²) in [5.74, 6) is 0.146. The van der Waals surface area contributed by atoms with Crippen LogP contribution >= 0.6 is 27.5 Å². The highest BCUT2D eigenvalue weighted by Crippen LogP contribution is 2.36. The van der Waals surface area contributed by atoms with Gasteiger partial charge in [-0.15, -0.1) is 0 Å². The van der Waals surface area contributed by atoms with E-state index in [4.69, 9.17) is 21.1 Å². The van der Waals surface area contributed by atoms with Crippen molar-refractivity contribution in [2.24, 2.45) is 11.0 Å². The Morgan fingerprint density at radius 3 is 2.61 bits per heavy atom. The predicted octanol–water partition coefficient (Wildman–Crippen LogP) is 5.19. The second-order valence-corrected chi connectivity index (χ2v) is 8.91. The molecule has 2 rings (SSSR count). The predicted molar refractivity (Wildman–Crippen MR) is 134 cm³/mol. The molecule has 0 saturated heterocycles. The third kappa shape index (κ3) is 7.75. The van der Waals surface area contributed by atoms with E-state index in [1.54, 1.807) is 37.4 Å². The fourth-order valence-corrected chi connectivity index (χ4v) is 3.71. The van der Waals surface area contributed by atoms with Crippen LogP contribution in [-0.2, 0) is 4.79 Å². The molecule has 0 saturated carbocycles. The molecule has 2 aromatic carbocycles. The Bertz CT molecular complexity index is 998. The summed E-state index contributed by atoms with van der Waals surface area (Å²) in [6, 6.07) is 9.46. The minimum atomic E-state index is -0.790. The van der Waals surface area contributed by atoms with Crippen LogP contribution in [0.2, 0.25) is 5.02 Å². The van der Waals surface area contributed by atoms with Gasteiger partial charge in [0.05, 0.1) is 35.0 Å². The molecule has 0 aliphatic rings. The van der Waals surface area contributed by atoms with Crippen molar-refractivity contribution in [3.8, 4) is 11.5 Å². The maximum atomic E-state index is 12.7. The van der Waals surface area contributed by atoms with Crippen LogP contribution < -0.4 is 20.2 Å². The highest BCUT2D eigenvalue weighted by atomic mass is 79.9. The number of hydrogen-bond donors (Lipinski definition) is 2. The van der Waals surface area contributed by atoms with Crippen molar-refractivity contribution in [2.75, 3.05) is 13.7 Å². The number of hydrazone groups is 1. The summed E-state index contributed by atoms with van der Waals surface area (Å²) < 4.78 is 11.9. The Hall–Kier alpha value is -2.58. The molecule has 1 atom stereocenters. The third-order valence-corrected chi connectivity index (χ3v) is 5.66. The normalized spacial score (nSPS) is 12.0. The first kappa shape index (κ1) is 26.7. The highest BCUT2D eigenvalue weighted by Gasteiger charge is 2.25. The molecule has 2 N–H and O–H groups in total. The van der Waals surface area contributed by atoms with Gasteiger partial charge in [-0.05, 0) is 58.1 Å². The molecule has 178 valence electrons. The van der Waals surface area contributed by atoms with Gasteiger partial charge in [-0.3, -0.25) is 9.59 Å². The summed E-state index contributed by atoms with van der Waals surface area (Å²) >= 11 is 9.59. The molecule has 2 amide bonds. The Kier molecular flexibility index (Phi) is 10.7. The van der Waals surface area contributed by atoms with E-state index in [0.29, 0.717) is 34.3 Å². The Morgan fingerprint density at radius 2 is 1.97 bits per heavy atom. The summed E-state index contributed by atoms with van der Waals surface area (Å²) in [6.07, 6.45) is 3.46.